The van der Waals surface area contributed by atoms with Crippen LogP contribution < -0.4 is 36.8 Å². The Kier molecular flexibility index (Phi) is 12.4. The van der Waals surface area contributed by atoms with Crippen LogP contribution in [-0.4, -0.2) is 97.0 Å². The van der Waals surface area contributed by atoms with E-state index in [2.05, 4.69) is 54.9 Å². The molecule has 0 unspecified atom stereocenters. The summed E-state index contributed by atoms with van der Waals surface area (Å²) < 4.78 is 11.1. The molecule has 2 saturated heterocycles. The summed E-state index contributed by atoms with van der Waals surface area (Å²) in [7, 11) is 2.11. The number of amides is 3. The molecule has 56 heavy (non-hydrogen) atoms. The van der Waals surface area contributed by atoms with E-state index < -0.39 is 29.7 Å². The average molecular weight is 765 g/mol. The van der Waals surface area contributed by atoms with Crippen molar-refractivity contribution in [1.29, 1.82) is 0 Å². The van der Waals surface area contributed by atoms with Crippen molar-refractivity contribution in [3.8, 4) is 0 Å². The smallest absolute Gasteiger partial charge is 0.412 e. The van der Waals surface area contributed by atoms with E-state index in [1.165, 1.54) is 6.20 Å². The van der Waals surface area contributed by atoms with E-state index in [9.17, 15) is 14.4 Å². The van der Waals surface area contributed by atoms with Crippen molar-refractivity contribution in [1.82, 2.24) is 25.5 Å². The van der Waals surface area contributed by atoms with Gasteiger partial charge in [0.15, 0.2) is 5.69 Å². The number of piperidine rings is 1. The minimum atomic E-state index is -0.723. The first-order chi connectivity index (χ1) is 26.9. The number of fused-ring (bicyclic) bond motifs is 1. The molecule has 15 nitrogen and oxygen atoms in total. The lowest BCUT2D eigenvalue weighted by atomic mass is 9.89. The topological polar surface area (TPSA) is 179 Å². The highest BCUT2D eigenvalue weighted by atomic mass is 16.6. The van der Waals surface area contributed by atoms with Crippen LogP contribution in [0.4, 0.5) is 32.3 Å². The third-order valence-corrected chi connectivity index (χ3v) is 9.78. The van der Waals surface area contributed by atoms with E-state index in [0.29, 0.717) is 30.0 Å². The standard InChI is InChI=1S/C41H52N10O5/c1-27-24-51(25-34(36(27)44-16-14-42)48-40(54)56-41(2,3)4)35-13-15-43-23-33(35)46-38(52)37-32(47-39(53)55-26-28-9-7-6-8-10-28)21-29-11-12-30(22-31(29)45-37)50-19-17-49(5)18-20-50/h6-16,21-23,27,34,36,44H,17-20,24-26,42H2,1-5H3,(H,46,52)(H,47,53)(H,48,54)/b16-14-/t27-,34+,36-/m0/s1. The zero-order valence-electron chi connectivity index (χ0n) is 32.6. The summed E-state index contributed by atoms with van der Waals surface area (Å²) in [5.74, 6) is -0.531. The first-order valence-corrected chi connectivity index (χ1v) is 18.9. The van der Waals surface area contributed by atoms with Gasteiger partial charge in [0.2, 0.25) is 0 Å². The molecular formula is C41H52N10O5. The van der Waals surface area contributed by atoms with Crippen molar-refractivity contribution in [2.24, 2.45) is 11.7 Å². The monoisotopic (exact) mass is 764 g/mol. The molecule has 0 bridgehead atoms. The van der Waals surface area contributed by atoms with Gasteiger partial charge in [0.1, 0.15) is 12.2 Å². The number of benzene rings is 2. The van der Waals surface area contributed by atoms with Crippen molar-refractivity contribution in [3.05, 3.63) is 96.7 Å². The fourth-order valence-electron chi connectivity index (χ4n) is 7.02. The van der Waals surface area contributed by atoms with Crippen LogP contribution in [0.25, 0.3) is 10.9 Å². The maximum atomic E-state index is 14.3. The molecule has 15 heteroatoms. The number of carbonyl (C=O) groups is 3. The highest BCUT2D eigenvalue weighted by Gasteiger charge is 2.37. The van der Waals surface area contributed by atoms with Gasteiger partial charge in [-0.15, -0.1) is 0 Å². The van der Waals surface area contributed by atoms with E-state index in [-0.39, 0.29) is 29.9 Å². The number of alkyl carbamates (subject to hydrolysis) is 1. The summed E-state index contributed by atoms with van der Waals surface area (Å²) in [6.07, 6.45) is 5.04. The summed E-state index contributed by atoms with van der Waals surface area (Å²) in [6.45, 7) is 12.2. The maximum Gasteiger partial charge on any atom is 0.412 e. The van der Waals surface area contributed by atoms with Gasteiger partial charge in [-0.1, -0.05) is 43.3 Å². The molecule has 0 spiro atoms. The second kappa shape index (κ2) is 17.6. The summed E-state index contributed by atoms with van der Waals surface area (Å²) in [4.78, 5) is 56.3. The van der Waals surface area contributed by atoms with Gasteiger partial charge >= 0.3 is 12.2 Å². The molecule has 0 radical (unpaired) electrons. The van der Waals surface area contributed by atoms with Gasteiger partial charge in [0, 0.05) is 68.9 Å². The number of nitrogens with zero attached hydrogens (tertiary/aromatic N) is 5. The number of aromatic nitrogens is 2. The molecule has 3 amide bonds. The van der Waals surface area contributed by atoms with Crippen LogP contribution >= 0.6 is 0 Å². The fourth-order valence-corrected chi connectivity index (χ4v) is 7.02. The second-order valence-electron chi connectivity index (χ2n) is 15.3. The predicted molar refractivity (Wildman–Crippen MR) is 219 cm³/mol. The third-order valence-electron chi connectivity index (χ3n) is 9.78. The summed E-state index contributed by atoms with van der Waals surface area (Å²) in [5, 5.41) is 12.9. The molecule has 6 rings (SSSR count). The van der Waals surface area contributed by atoms with Crippen LogP contribution in [0.5, 0.6) is 0 Å². The molecule has 0 aliphatic carbocycles. The molecular weight excluding hydrogens is 713 g/mol. The zero-order valence-corrected chi connectivity index (χ0v) is 32.6. The maximum absolute atomic E-state index is 14.3. The van der Waals surface area contributed by atoms with Crippen LogP contribution in [0.1, 0.15) is 43.7 Å². The van der Waals surface area contributed by atoms with Crippen molar-refractivity contribution in [2.75, 3.05) is 66.7 Å². The molecule has 2 fully saturated rings. The van der Waals surface area contributed by atoms with E-state index in [1.807, 2.05) is 75.4 Å². The molecule has 296 valence electrons. The zero-order chi connectivity index (χ0) is 39.8. The van der Waals surface area contributed by atoms with Crippen molar-refractivity contribution in [3.63, 3.8) is 0 Å². The Labute approximate surface area is 327 Å². The normalized spacial score (nSPS) is 19.1. The van der Waals surface area contributed by atoms with Crippen molar-refractivity contribution < 1.29 is 23.9 Å². The van der Waals surface area contributed by atoms with Gasteiger partial charge in [0.25, 0.3) is 5.91 Å². The average Bonchev–Trinajstić information content (AvgIpc) is 3.16. The Morgan fingerprint density at radius 2 is 1.70 bits per heavy atom. The molecule has 2 aliphatic heterocycles. The number of likely N-dealkylation sites (N-methyl/N-ethyl adjacent to an activating group) is 1. The number of hydrogen-bond acceptors (Lipinski definition) is 12. The van der Waals surface area contributed by atoms with E-state index in [4.69, 9.17) is 20.2 Å². The SMILES string of the molecule is C[C@H]1CN(c2ccncc2NC(=O)c2nc3cc(N4CCN(C)CC4)ccc3cc2NC(=O)OCc2ccccc2)C[C@@H](NC(=O)OC(C)(C)C)[C@H]1N/C=C\N. The molecule has 3 atom stereocenters. The largest absolute Gasteiger partial charge is 0.444 e. The van der Waals surface area contributed by atoms with Gasteiger partial charge in [0.05, 0.1) is 40.9 Å². The van der Waals surface area contributed by atoms with Gasteiger partial charge < -0.3 is 45.9 Å². The Bertz CT molecular complexity index is 2030. The fraction of sp³-hybridized carbons (Fsp3) is 0.390. The lowest BCUT2D eigenvalue weighted by Crippen LogP contribution is -2.63. The quantitative estimate of drug-likeness (QED) is 0.144. The number of carbonyl (C=O) groups excluding carboxylic acids is 3. The molecule has 4 heterocycles. The highest BCUT2D eigenvalue weighted by molar-refractivity contribution is 6.11. The number of nitrogens with one attached hydrogen (secondary N) is 4. The highest BCUT2D eigenvalue weighted by Crippen LogP contribution is 2.32. The predicted octanol–water partition coefficient (Wildman–Crippen LogP) is 5.12. The van der Waals surface area contributed by atoms with Gasteiger partial charge in [-0.05, 0) is 63.6 Å². The van der Waals surface area contributed by atoms with E-state index >= 15 is 0 Å². The second-order valence-corrected chi connectivity index (χ2v) is 15.3. The van der Waals surface area contributed by atoms with Crippen molar-refractivity contribution >= 4 is 51.7 Å². The van der Waals surface area contributed by atoms with Crippen LogP contribution in [0, 0.1) is 5.92 Å². The Morgan fingerprint density at radius 3 is 2.43 bits per heavy atom. The molecule has 6 N–H and O–H groups in total. The van der Waals surface area contributed by atoms with Gasteiger partial charge in [-0.2, -0.15) is 0 Å². The third kappa shape index (κ3) is 10.2. The lowest BCUT2D eigenvalue weighted by molar-refractivity contribution is 0.0482. The number of pyridine rings is 2. The van der Waals surface area contributed by atoms with Crippen LogP contribution in [0.2, 0.25) is 0 Å². The molecule has 2 aliphatic rings. The number of rotatable bonds is 10. The first kappa shape index (κ1) is 39.6. The van der Waals surface area contributed by atoms with Gasteiger partial charge in [-0.25, -0.2) is 14.6 Å². The molecule has 2 aromatic carbocycles. The van der Waals surface area contributed by atoms with Crippen LogP contribution in [0.3, 0.4) is 0 Å². The summed E-state index contributed by atoms with van der Waals surface area (Å²) in [5.41, 5.74) is 8.74. The van der Waals surface area contributed by atoms with Crippen LogP contribution in [0.15, 0.2) is 85.5 Å². The van der Waals surface area contributed by atoms with E-state index in [0.717, 1.165) is 42.8 Å². The Hall–Kier alpha value is -6.09. The number of nitrogens with two attached hydrogens (primary N) is 1. The number of hydrogen-bond donors (Lipinski definition) is 5. The number of anilines is 4. The summed E-state index contributed by atoms with van der Waals surface area (Å²) >= 11 is 0. The number of piperazine rings is 1. The van der Waals surface area contributed by atoms with Crippen LogP contribution in [-0.2, 0) is 16.1 Å². The van der Waals surface area contributed by atoms with E-state index in [1.54, 1.807) is 24.7 Å². The van der Waals surface area contributed by atoms with Crippen molar-refractivity contribution in [2.45, 2.75) is 52.0 Å². The van der Waals surface area contributed by atoms with Gasteiger partial charge in [-0.3, -0.25) is 15.1 Å². The minimum Gasteiger partial charge on any atom is -0.444 e. The molecule has 0 saturated carbocycles. The molecule has 2 aromatic heterocycles. The first-order valence-electron chi connectivity index (χ1n) is 18.9. The number of ether oxygens (including phenoxy) is 2. The Balaban J connectivity index is 1.28. The summed E-state index contributed by atoms with van der Waals surface area (Å²) in [6, 6.07) is 18.3. The lowest BCUT2D eigenvalue weighted by Gasteiger charge is -2.44. The Morgan fingerprint density at radius 1 is 0.929 bits per heavy atom. The molecule has 4 aromatic rings. The minimum absolute atomic E-state index is 0.00816.